The molecule has 0 atom stereocenters. The number of fused-ring (bicyclic) bond motifs is 14. The Morgan fingerprint density at radius 2 is 1.17 bits per heavy atom. The first-order chi connectivity index (χ1) is 23.3. The number of nitrogens with zero attached hydrogens (tertiary/aromatic N) is 1. The maximum absolute atomic E-state index is 6.94. The third-order valence-electron chi connectivity index (χ3n) is 9.97. The Morgan fingerprint density at radius 3 is 2.09 bits per heavy atom. The summed E-state index contributed by atoms with van der Waals surface area (Å²) in [5, 5.41) is 12.2. The minimum Gasteiger partial charge on any atom is -0.455 e. The largest absolute Gasteiger partial charge is 0.455 e. The van der Waals surface area contributed by atoms with Crippen LogP contribution in [0.3, 0.4) is 0 Å². The van der Waals surface area contributed by atoms with Gasteiger partial charge in [0, 0.05) is 52.8 Å². The topological polar surface area (TPSA) is 18.1 Å². The molecule has 0 radical (unpaired) electrons. The molecule has 0 saturated carbocycles. The summed E-state index contributed by atoms with van der Waals surface area (Å²) in [6, 6.07) is 55.2. The van der Waals surface area contributed by atoms with Gasteiger partial charge in [0.15, 0.2) is 0 Å². The number of thiophene rings is 1. The zero-order valence-corrected chi connectivity index (χ0v) is 26.0. The van der Waals surface area contributed by atoms with E-state index in [4.69, 9.17) is 4.42 Å². The number of benzene rings is 8. The highest BCUT2D eigenvalue weighted by molar-refractivity contribution is 7.25. The van der Waals surface area contributed by atoms with Crippen LogP contribution in [-0.4, -0.2) is 4.57 Å². The smallest absolute Gasteiger partial charge is 0.143 e. The van der Waals surface area contributed by atoms with Crippen molar-refractivity contribution in [3.8, 4) is 16.8 Å². The molecular weight excluding hydrogens is 591 g/mol. The van der Waals surface area contributed by atoms with Crippen molar-refractivity contribution in [3.63, 3.8) is 0 Å². The van der Waals surface area contributed by atoms with Crippen molar-refractivity contribution in [3.05, 3.63) is 152 Å². The number of aromatic nitrogens is 1. The van der Waals surface area contributed by atoms with E-state index in [9.17, 15) is 0 Å². The van der Waals surface area contributed by atoms with E-state index in [1.54, 1.807) is 0 Å². The summed E-state index contributed by atoms with van der Waals surface area (Å²) in [5.74, 6) is 0. The third-order valence-corrected chi connectivity index (χ3v) is 11.1. The van der Waals surface area contributed by atoms with Gasteiger partial charge in [-0.25, -0.2) is 0 Å². The first-order valence-corrected chi connectivity index (χ1v) is 16.8. The van der Waals surface area contributed by atoms with Gasteiger partial charge in [0.05, 0.1) is 11.0 Å². The van der Waals surface area contributed by atoms with Gasteiger partial charge in [-0.1, -0.05) is 103 Å². The molecule has 11 rings (SSSR count). The quantitative estimate of drug-likeness (QED) is 0.189. The molecule has 218 valence electrons. The Morgan fingerprint density at radius 1 is 0.447 bits per heavy atom. The Balaban J connectivity index is 1.35. The van der Waals surface area contributed by atoms with Gasteiger partial charge < -0.3 is 8.98 Å². The zero-order chi connectivity index (χ0) is 30.6. The standard InChI is InChI=1S/C44H25NOS/c1-2-11-28(12-3-1)45-36-16-8-6-15-33(36)42-37(45)25-35(27-18-20-31-30-14-7-9-17-39(30)47-40(31)24-27)32-21-22-34-41-29-13-5-4-10-26(29)19-23-38(41)46-44(34)43(32)42/h1-25H. The summed E-state index contributed by atoms with van der Waals surface area (Å²) < 4.78 is 12.0. The summed E-state index contributed by atoms with van der Waals surface area (Å²) >= 11 is 1.87. The molecular formula is C44H25NOS. The Bertz CT molecular complexity index is 3070. The molecule has 0 spiro atoms. The Labute approximate surface area is 273 Å². The van der Waals surface area contributed by atoms with E-state index >= 15 is 0 Å². The van der Waals surface area contributed by atoms with Gasteiger partial charge in [0.1, 0.15) is 11.2 Å². The van der Waals surface area contributed by atoms with Gasteiger partial charge in [0.25, 0.3) is 0 Å². The molecule has 0 amide bonds. The average Bonchev–Trinajstić information content (AvgIpc) is 3.80. The lowest BCUT2D eigenvalue weighted by Crippen LogP contribution is -1.94. The highest BCUT2D eigenvalue weighted by atomic mass is 32.1. The summed E-state index contributed by atoms with van der Waals surface area (Å²) in [5.41, 5.74) is 7.79. The third kappa shape index (κ3) is 3.44. The highest BCUT2D eigenvalue weighted by Gasteiger charge is 2.22. The normalized spacial score (nSPS) is 12.3. The fourth-order valence-corrected chi connectivity index (χ4v) is 9.09. The SMILES string of the molecule is c1ccc(-n2c3ccccc3c3c4c(ccc5c4oc4ccc6ccccc6c45)c(-c4ccc5c(c4)sc4ccccc45)cc32)cc1. The molecule has 0 aliphatic carbocycles. The summed E-state index contributed by atoms with van der Waals surface area (Å²) in [7, 11) is 0. The molecule has 3 heterocycles. The first-order valence-electron chi connectivity index (χ1n) is 16.0. The van der Waals surface area contributed by atoms with Crippen LogP contribution in [0.2, 0.25) is 0 Å². The number of rotatable bonds is 2. The molecule has 0 aliphatic heterocycles. The van der Waals surface area contributed by atoms with Crippen molar-refractivity contribution in [1.29, 1.82) is 0 Å². The zero-order valence-electron chi connectivity index (χ0n) is 25.2. The lowest BCUT2D eigenvalue weighted by molar-refractivity contribution is 0.673. The van der Waals surface area contributed by atoms with Crippen LogP contribution in [-0.2, 0) is 0 Å². The molecule has 0 bridgehead atoms. The highest BCUT2D eigenvalue weighted by Crippen LogP contribution is 2.47. The van der Waals surface area contributed by atoms with E-state index in [2.05, 4.69) is 156 Å². The van der Waals surface area contributed by atoms with Crippen LogP contribution < -0.4 is 0 Å². The lowest BCUT2D eigenvalue weighted by atomic mass is 9.92. The second-order valence-corrected chi connectivity index (χ2v) is 13.5. The van der Waals surface area contributed by atoms with Gasteiger partial charge in [0.2, 0.25) is 0 Å². The average molecular weight is 616 g/mol. The van der Waals surface area contributed by atoms with Gasteiger partial charge in [-0.15, -0.1) is 11.3 Å². The molecule has 2 nitrogen and oxygen atoms in total. The molecule has 0 saturated heterocycles. The van der Waals surface area contributed by atoms with Crippen molar-refractivity contribution >= 4 is 96.8 Å². The maximum Gasteiger partial charge on any atom is 0.143 e. The fourth-order valence-electron chi connectivity index (χ4n) is 7.94. The van der Waals surface area contributed by atoms with Crippen LogP contribution in [0.4, 0.5) is 0 Å². The molecule has 0 fully saturated rings. The summed E-state index contributed by atoms with van der Waals surface area (Å²) in [6.07, 6.45) is 0. The summed E-state index contributed by atoms with van der Waals surface area (Å²) in [6.45, 7) is 0. The van der Waals surface area contributed by atoms with Crippen LogP contribution in [0, 0.1) is 0 Å². The van der Waals surface area contributed by atoms with Crippen LogP contribution in [0.25, 0.3) is 102 Å². The lowest BCUT2D eigenvalue weighted by Gasteiger charge is -2.13. The van der Waals surface area contributed by atoms with E-state index in [0.717, 1.165) is 27.6 Å². The van der Waals surface area contributed by atoms with Crippen LogP contribution >= 0.6 is 11.3 Å². The molecule has 47 heavy (non-hydrogen) atoms. The molecule has 0 aliphatic rings. The minimum atomic E-state index is 0.920. The number of hydrogen-bond acceptors (Lipinski definition) is 2. The van der Waals surface area contributed by atoms with Gasteiger partial charge in [-0.2, -0.15) is 0 Å². The van der Waals surface area contributed by atoms with Crippen molar-refractivity contribution in [2.24, 2.45) is 0 Å². The number of para-hydroxylation sites is 2. The van der Waals surface area contributed by atoms with Crippen molar-refractivity contribution in [2.45, 2.75) is 0 Å². The molecule has 8 aromatic carbocycles. The molecule has 11 aromatic rings. The van der Waals surface area contributed by atoms with E-state index < -0.39 is 0 Å². The van der Waals surface area contributed by atoms with E-state index in [1.807, 2.05) is 11.3 Å². The van der Waals surface area contributed by atoms with Crippen LogP contribution in [0.15, 0.2) is 156 Å². The van der Waals surface area contributed by atoms with Crippen molar-refractivity contribution < 1.29 is 4.42 Å². The maximum atomic E-state index is 6.94. The van der Waals surface area contributed by atoms with E-state index in [1.165, 1.54) is 74.6 Å². The number of furan rings is 1. The second kappa shape index (κ2) is 9.32. The Kier molecular flexibility index (Phi) is 5.02. The molecule has 0 N–H and O–H groups in total. The summed E-state index contributed by atoms with van der Waals surface area (Å²) in [4.78, 5) is 0. The van der Waals surface area contributed by atoms with E-state index in [0.29, 0.717) is 0 Å². The van der Waals surface area contributed by atoms with Crippen molar-refractivity contribution in [1.82, 2.24) is 4.57 Å². The Hall–Kier alpha value is -5.90. The second-order valence-electron chi connectivity index (χ2n) is 12.4. The molecule has 3 heteroatoms. The molecule has 3 aromatic heterocycles. The van der Waals surface area contributed by atoms with Crippen molar-refractivity contribution in [2.75, 3.05) is 0 Å². The minimum absolute atomic E-state index is 0.920. The molecule has 0 unspecified atom stereocenters. The van der Waals surface area contributed by atoms with E-state index in [-0.39, 0.29) is 0 Å². The first kappa shape index (κ1) is 25.3. The number of hydrogen-bond donors (Lipinski definition) is 0. The monoisotopic (exact) mass is 615 g/mol. The van der Waals surface area contributed by atoms with Gasteiger partial charge in [-0.05, 0) is 75.8 Å². The van der Waals surface area contributed by atoms with Crippen LogP contribution in [0.5, 0.6) is 0 Å². The van der Waals surface area contributed by atoms with Crippen LogP contribution in [0.1, 0.15) is 0 Å². The predicted octanol–water partition coefficient (Wildman–Crippen LogP) is 13.0. The fraction of sp³-hybridized carbons (Fsp3) is 0. The van der Waals surface area contributed by atoms with Gasteiger partial charge >= 0.3 is 0 Å². The van der Waals surface area contributed by atoms with Gasteiger partial charge in [-0.3, -0.25) is 0 Å². The predicted molar refractivity (Wildman–Crippen MR) is 201 cm³/mol.